The Bertz CT molecular complexity index is 3620. The fraction of sp³-hybridized carbons (Fsp3) is 0.0526. The van der Waals surface area contributed by atoms with Gasteiger partial charge in [0.15, 0.2) is 0 Å². The molecule has 0 saturated heterocycles. The van der Waals surface area contributed by atoms with E-state index in [1.807, 2.05) is 46.1 Å². The first kappa shape index (κ1) is 39.1. The van der Waals surface area contributed by atoms with Crippen molar-refractivity contribution in [2.75, 3.05) is 0 Å². The van der Waals surface area contributed by atoms with Gasteiger partial charge in [0, 0.05) is 65.4 Å². The molecule has 9 aromatic rings. The van der Waals surface area contributed by atoms with Crippen molar-refractivity contribution in [1.82, 2.24) is 9.97 Å². The van der Waals surface area contributed by atoms with E-state index in [0.717, 1.165) is 77.5 Å². The molecule has 0 atom stereocenters. The molecule has 5 aromatic heterocycles. The summed E-state index contributed by atoms with van der Waals surface area (Å²) in [7, 11) is 0. The molecule has 0 radical (unpaired) electrons. The predicted octanol–water partition coefficient (Wildman–Crippen LogP) is 17.3. The van der Waals surface area contributed by atoms with Gasteiger partial charge >= 0.3 is 0 Å². The van der Waals surface area contributed by atoms with E-state index >= 15 is 0 Å². The van der Waals surface area contributed by atoms with Crippen LogP contribution in [0, 0.1) is 33.1 Å². The highest BCUT2D eigenvalue weighted by Gasteiger charge is 2.18. The first-order valence-corrected chi connectivity index (χ1v) is 24.1. The SMILES string of the molecule is C#Cc1ccc(-c2c3nc(c(-c4ccc(C)cc4)c4ccc(s4)c4ccc(s4)c(-c4ccc(C)cc4)c4nc(c(-c5ccc(C)cc5)c5ccc(s5)c5ccc2s5)C=C4)C=C3)cc1. The van der Waals surface area contributed by atoms with Crippen LogP contribution < -0.4 is 0 Å². The summed E-state index contributed by atoms with van der Waals surface area (Å²) in [6, 6.07) is 52.9. The highest BCUT2D eigenvalue weighted by Crippen LogP contribution is 2.43. The molecule has 0 aliphatic carbocycles. The summed E-state index contributed by atoms with van der Waals surface area (Å²) in [5, 5.41) is 0. The molecule has 4 aromatic carbocycles. The number of rotatable bonds is 4. The van der Waals surface area contributed by atoms with E-state index in [1.165, 1.54) is 49.6 Å². The maximum atomic E-state index is 5.82. The lowest BCUT2D eigenvalue weighted by atomic mass is 10.0. The Morgan fingerprint density at radius 1 is 0.317 bits per heavy atom. The molecule has 11 rings (SSSR count). The smallest absolute Gasteiger partial charge is 0.0730 e. The summed E-state index contributed by atoms with van der Waals surface area (Å²) in [5.41, 5.74) is 17.3. The van der Waals surface area contributed by atoms with Crippen LogP contribution in [0.3, 0.4) is 0 Å². The topological polar surface area (TPSA) is 25.8 Å². The highest BCUT2D eigenvalue weighted by molar-refractivity contribution is 7.31. The standard InChI is InChI=1S/C57H38N2S4/c1-5-37-12-20-41(21-13-37)57-45-25-24-44(59-45)56(40-18-10-36(4)11-19-40)52-31-27-47(61-52)46-26-30-50(60-46)54(38-14-6-34(2)7-15-38)42-22-23-43(58-42)55(39-16-8-35(3)9-17-39)51-32-28-48(62-51)49-29-33-53(57)63-49/h1,6-33H,2-4H3. The molecule has 2 aliphatic rings. The third kappa shape index (κ3) is 7.44. The van der Waals surface area contributed by atoms with Crippen LogP contribution >= 0.6 is 45.3 Å². The lowest BCUT2D eigenvalue weighted by Crippen LogP contribution is -1.86. The van der Waals surface area contributed by atoms with E-state index in [9.17, 15) is 0 Å². The summed E-state index contributed by atoms with van der Waals surface area (Å²) in [5.74, 6) is 2.79. The Balaban J connectivity index is 1.28. The molecule has 0 spiro atoms. The van der Waals surface area contributed by atoms with Crippen molar-refractivity contribution in [3.63, 3.8) is 0 Å². The van der Waals surface area contributed by atoms with Gasteiger partial charge in [-0.25, -0.2) is 9.97 Å². The zero-order valence-electron chi connectivity index (χ0n) is 34.8. The summed E-state index contributed by atoms with van der Waals surface area (Å²) in [4.78, 5) is 11.0. The van der Waals surface area contributed by atoms with Crippen LogP contribution in [0.5, 0.6) is 0 Å². The van der Waals surface area contributed by atoms with Gasteiger partial charge < -0.3 is 0 Å². The molecule has 12 bridgehead atoms. The van der Waals surface area contributed by atoms with Gasteiger partial charge in [0.25, 0.3) is 0 Å². The number of hydrogen-bond donors (Lipinski definition) is 0. The Morgan fingerprint density at radius 2 is 0.556 bits per heavy atom. The maximum Gasteiger partial charge on any atom is 0.0730 e. The molecule has 0 fully saturated rings. The fourth-order valence-electron chi connectivity index (χ4n) is 8.26. The van der Waals surface area contributed by atoms with Crippen LogP contribution in [0.2, 0.25) is 0 Å². The van der Waals surface area contributed by atoms with Crippen molar-refractivity contribution in [2.45, 2.75) is 20.8 Å². The largest absolute Gasteiger partial charge is 0.248 e. The first-order valence-electron chi connectivity index (χ1n) is 20.8. The molecule has 0 N–H and O–H groups in total. The minimum absolute atomic E-state index is 0.851. The zero-order chi connectivity index (χ0) is 42.6. The monoisotopic (exact) mass is 878 g/mol. The average molecular weight is 879 g/mol. The van der Waals surface area contributed by atoms with E-state index in [4.69, 9.17) is 16.4 Å². The molecule has 0 amide bonds. The summed E-state index contributed by atoms with van der Waals surface area (Å²) >= 11 is 7.25. The number of aryl methyl sites for hydroxylation is 3. The fourth-order valence-corrected chi connectivity index (χ4v) is 12.8. The van der Waals surface area contributed by atoms with Crippen LogP contribution in [0.1, 0.15) is 45.0 Å². The van der Waals surface area contributed by atoms with Gasteiger partial charge in [-0.1, -0.05) is 108 Å². The van der Waals surface area contributed by atoms with Gasteiger partial charge in [-0.05, 0) is 128 Å². The Labute approximate surface area is 382 Å². The highest BCUT2D eigenvalue weighted by atomic mass is 32.1. The number of aromatic nitrogens is 2. The lowest BCUT2D eigenvalue weighted by Gasteiger charge is -2.06. The number of nitrogens with zero attached hydrogens (tertiary/aromatic N) is 2. The third-order valence-electron chi connectivity index (χ3n) is 11.6. The number of thiophene rings is 4. The predicted molar refractivity (Wildman–Crippen MR) is 278 cm³/mol. The summed E-state index contributed by atoms with van der Waals surface area (Å²) < 4.78 is 9.53. The molecular weight excluding hydrogens is 841 g/mol. The summed E-state index contributed by atoms with van der Waals surface area (Å²) in [6.07, 6.45) is 14.6. The van der Waals surface area contributed by atoms with Gasteiger partial charge in [0.2, 0.25) is 0 Å². The molecule has 2 nitrogen and oxygen atoms in total. The third-order valence-corrected chi connectivity index (χ3v) is 16.4. The normalized spacial score (nSPS) is 11.9. The second-order valence-electron chi connectivity index (χ2n) is 15.9. The van der Waals surface area contributed by atoms with Crippen molar-refractivity contribution in [2.24, 2.45) is 0 Å². The molecule has 0 unspecified atom stereocenters. The minimum Gasteiger partial charge on any atom is -0.248 e. The van der Waals surface area contributed by atoms with Crippen LogP contribution in [0.15, 0.2) is 146 Å². The van der Waals surface area contributed by atoms with Crippen LogP contribution in [-0.2, 0) is 0 Å². The second-order valence-corrected chi connectivity index (χ2v) is 20.2. The molecule has 7 heterocycles. The molecular formula is C57H38N2S4. The lowest BCUT2D eigenvalue weighted by molar-refractivity contribution is 1.33. The molecule has 2 aliphatic heterocycles. The van der Waals surface area contributed by atoms with E-state index in [-0.39, 0.29) is 0 Å². The van der Waals surface area contributed by atoms with Crippen LogP contribution in [-0.4, -0.2) is 9.97 Å². The van der Waals surface area contributed by atoms with Gasteiger partial charge in [0.05, 0.1) is 22.8 Å². The van der Waals surface area contributed by atoms with E-state index < -0.39 is 0 Å². The van der Waals surface area contributed by atoms with Gasteiger partial charge in [0.1, 0.15) is 0 Å². The zero-order valence-corrected chi connectivity index (χ0v) is 38.0. The van der Waals surface area contributed by atoms with Crippen molar-refractivity contribution in [1.29, 1.82) is 0 Å². The molecule has 0 saturated carbocycles. The molecule has 63 heavy (non-hydrogen) atoms. The Morgan fingerprint density at radius 3 is 0.810 bits per heavy atom. The molecule has 6 heteroatoms. The van der Waals surface area contributed by atoms with E-state index in [2.05, 4.69) is 184 Å². The van der Waals surface area contributed by atoms with Gasteiger partial charge in [-0.15, -0.1) is 51.8 Å². The maximum absolute atomic E-state index is 5.82. The van der Waals surface area contributed by atoms with Gasteiger partial charge in [-0.3, -0.25) is 0 Å². The van der Waals surface area contributed by atoms with E-state index in [0.29, 0.717) is 0 Å². The van der Waals surface area contributed by atoms with Crippen molar-refractivity contribution in [3.05, 3.63) is 191 Å². The van der Waals surface area contributed by atoms with Crippen LogP contribution in [0.25, 0.3) is 106 Å². The number of terminal acetylenes is 1. The average Bonchev–Trinajstić information content (AvgIpc) is 4.17. The second kappa shape index (κ2) is 16.2. The van der Waals surface area contributed by atoms with Crippen molar-refractivity contribution < 1.29 is 0 Å². The first-order chi connectivity index (χ1) is 30.8. The number of fused-ring (bicyclic) bond motifs is 14. The van der Waals surface area contributed by atoms with Crippen molar-refractivity contribution >= 4 is 107 Å². The van der Waals surface area contributed by atoms with Crippen LogP contribution in [0.4, 0.5) is 0 Å². The summed E-state index contributed by atoms with van der Waals surface area (Å²) in [6.45, 7) is 6.41. The Hall–Kier alpha value is -6.72. The Kier molecular flexibility index (Phi) is 10.1. The van der Waals surface area contributed by atoms with Crippen molar-refractivity contribution in [3.8, 4) is 56.9 Å². The number of benzene rings is 4. The quantitative estimate of drug-likeness (QED) is 0.165. The van der Waals surface area contributed by atoms with E-state index in [1.54, 1.807) is 11.3 Å². The molecule has 300 valence electrons. The number of hydrogen-bond acceptors (Lipinski definition) is 6. The van der Waals surface area contributed by atoms with Gasteiger partial charge in [-0.2, -0.15) is 0 Å². The minimum atomic E-state index is 0.851.